The summed E-state index contributed by atoms with van der Waals surface area (Å²) < 4.78 is 2.03. The van der Waals surface area contributed by atoms with Crippen molar-refractivity contribution in [3.63, 3.8) is 0 Å². The molecule has 7 nitrogen and oxygen atoms in total. The number of hydrogen-bond acceptors (Lipinski definition) is 5. The van der Waals surface area contributed by atoms with Gasteiger partial charge in [-0.3, -0.25) is 9.59 Å². The molecule has 2 N–H and O–H groups in total. The van der Waals surface area contributed by atoms with E-state index in [4.69, 9.17) is 5.73 Å². The predicted molar refractivity (Wildman–Crippen MR) is 94.7 cm³/mol. The van der Waals surface area contributed by atoms with E-state index in [-0.39, 0.29) is 18.1 Å². The summed E-state index contributed by atoms with van der Waals surface area (Å²) in [6.45, 7) is 0.780. The Bertz CT molecular complexity index is 730. The molecule has 25 heavy (non-hydrogen) atoms. The Morgan fingerprint density at radius 3 is 2.72 bits per heavy atom. The summed E-state index contributed by atoms with van der Waals surface area (Å²) in [5.74, 6) is -0.191. The number of primary amides is 1. The van der Waals surface area contributed by atoms with Crippen LogP contribution >= 0.6 is 11.8 Å². The lowest BCUT2D eigenvalue weighted by atomic mass is 10.2. The molecule has 1 saturated carbocycles. The van der Waals surface area contributed by atoms with Gasteiger partial charge in [-0.05, 0) is 18.4 Å². The molecule has 0 saturated heterocycles. The number of amides is 2. The number of aromatic nitrogens is 3. The maximum atomic E-state index is 12.6. The zero-order chi connectivity index (χ0) is 17.6. The average Bonchev–Trinajstić information content (AvgIpc) is 3.35. The smallest absolute Gasteiger partial charge is 0.233 e. The number of nitrogens with zero attached hydrogens (tertiary/aromatic N) is 4. The van der Waals surface area contributed by atoms with Crippen LogP contribution in [0.25, 0.3) is 0 Å². The fourth-order valence-corrected chi connectivity index (χ4v) is 3.38. The molecule has 1 heterocycles. The number of nitrogens with two attached hydrogens (primary N) is 1. The van der Waals surface area contributed by atoms with E-state index in [0.717, 1.165) is 23.6 Å². The van der Waals surface area contributed by atoms with Crippen molar-refractivity contribution >= 4 is 23.6 Å². The number of hydrogen-bond donors (Lipinski definition) is 1. The van der Waals surface area contributed by atoms with E-state index in [1.165, 1.54) is 11.8 Å². The molecule has 0 atom stereocenters. The van der Waals surface area contributed by atoms with Gasteiger partial charge in [-0.15, -0.1) is 10.2 Å². The molecule has 132 valence electrons. The lowest BCUT2D eigenvalue weighted by Gasteiger charge is -2.22. The summed E-state index contributed by atoms with van der Waals surface area (Å²) in [6.07, 6.45) is 4.15. The van der Waals surface area contributed by atoms with Crippen LogP contribution in [-0.4, -0.2) is 43.8 Å². The summed E-state index contributed by atoms with van der Waals surface area (Å²) in [7, 11) is 0. The van der Waals surface area contributed by atoms with Crippen LogP contribution in [0, 0.1) is 0 Å². The Kier molecular flexibility index (Phi) is 5.70. The minimum Gasteiger partial charge on any atom is -0.370 e. The largest absolute Gasteiger partial charge is 0.370 e. The first-order chi connectivity index (χ1) is 12.1. The molecule has 8 heteroatoms. The highest BCUT2D eigenvalue weighted by Crippen LogP contribution is 2.37. The summed E-state index contributed by atoms with van der Waals surface area (Å²) in [4.78, 5) is 25.4. The fourth-order valence-electron chi connectivity index (χ4n) is 2.50. The minimum absolute atomic E-state index is 0.0412. The maximum absolute atomic E-state index is 12.6. The van der Waals surface area contributed by atoms with Gasteiger partial charge in [0.2, 0.25) is 11.8 Å². The van der Waals surface area contributed by atoms with Crippen LogP contribution in [0.3, 0.4) is 0 Å². The highest BCUT2D eigenvalue weighted by Gasteiger charge is 2.26. The average molecular weight is 359 g/mol. The molecule has 0 bridgehead atoms. The van der Waals surface area contributed by atoms with Crippen LogP contribution in [0.5, 0.6) is 0 Å². The van der Waals surface area contributed by atoms with Crippen molar-refractivity contribution in [1.29, 1.82) is 0 Å². The molecule has 1 aromatic carbocycles. The molecule has 1 aliphatic rings. The second-order valence-corrected chi connectivity index (χ2v) is 7.00. The third kappa shape index (κ3) is 5.06. The highest BCUT2D eigenvalue weighted by molar-refractivity contribution is 7.99. The van der Waals surface area contributed by atoms with Gasteiger partial charge in [0.1, 0.15) is 6.33 Å². The van der Waals surface area contributed by atoms with Gasteiger partial charge in [-0.1, -0.05) is 42.1 Å². The van der Waals surface area contributed by atoms with Gasteiger partial charge in [-0.2, -0.15) is 0 Å². The maximum Gasteiger partial charge on any atom is 0.233 e. The standard InChI is InChI=1S/C17H21N5O2S/c18-15(23)8-9-21(10-13-4-2-1-3-5-13)16(24)11-25-17-20-19-12-22(17)14-6-7-14/h1-5,12,14H,6-11H2,(H2,18,23). The summed E-state index contributed by atoms with van der Waals surface area (Å²) in [5.41, 5.74) is 6.26. The van der Waals surface area contributed by atoms with Crippen molar-refractivity contribution < 1.29 is 9.59 Å². The molecule has 0 aliphatic heterocycles. The van der Waals surface area contributed by atoms with Gasteiger partial charge < -0.3 is 15.2 Å². The normalized spacial score (nSPS) is 13.6. The van der Waals surface area contributed by atoms with E-state index >= 15 is 0 Å². The van der Waals surface area contributed by atoms with Crippen LogP contribution in [0.2, 0.25) is 0 Å². The molecule has 3 rings (SSSR count). The number of carbonyl (C=O) groups excluding carboxylic acids is 2. The second kappa shape index (κ2) is 8.15. The number of carbonyl (C=O) groups is 2. The van der Waals surface area contributed by atoms with E-state index in [2.05, 4.69) is 10.2 Å². The van der Waals surface area contributed by atoms with Gasteiger partial charge in [0.25, 0.3) is 0 Å². The quantitative estimate of drug-likeness (QED) is 0.687. The van der Waals surface area contributed by atoms with Crippen molar-refractivity contribution in [3.8, 4) is 0 Å². The van der Waals surface area contributed by atoms with Crippen molar-refractivity contribution in [1.82, 2.24) is 19.7 Å². The highest BCUT2D eigenvalue weighted by atomic mass is 32.2. The molecule has 1 aromatic heterocycles. The van der Waals surface area contributed by atoms with Crippen molar-refractivity contribution in [2.24, 2.45) is 5.73 Å². The van der Waals surface area contributed by atoms with E-state index < -0.39 is 5.91 Å². The van der Waals surface area contributed by atoms with E-state index in [9.17, 15) is 9.59 Å². The first kappa shape index (κ1) is 17.5. The Morgan fingerprint density at radius 1 is 1.28 bits per heavy atom. The Balaban J connectivity index is 1.61. The molecule has 2 aromatic rings. The molecule has 0 unspecified atom stereocenters. The van der Waals surface area contributed by atoms with Gasteiger partial charge in [0, 0.05) is 25.6 Å². The minimum atomic E-state index is -0.410. The van der Waals surface area contributed by atoms with Crippen molar-refractivity contribution in [3.05, 3.63) is 42.2 Å². The van der Waals surface area contributed by atoms with Crippen molar-refractivity contribution in [2.75, 3.05) is 12.3 Å². The second-order valence-electron chi connectivity index (χ2n) is 6.06. The third-order valence-electron chi connectivity index (χ3n) is 4.00. The van der Waals surface area contributed by atoms with Gasteiger partial charge in [-0.25, -0.2) is 0 Å². The van der Waals surface area contributed by atoms with Crippen LogP contribution < -0.4 is 5.73 Å². The summed E-state index contributed by atoms with van der Waals surface area (Å²) >= 11 is 1.39. The zero-order valence-electron chi connectivity index (χ0n) is 13.9. The van der Waals surface area contributed by atoms with Crippen LogP contribution in [0.1, 0.15) is 30.9 Å². The first-order valence-electron chi connectivity index (χ1n) is 8.26. The molecular weight excluding hydrogens is 338 g/mol. The van der Waals surface area contributed by atoms with Gasteiger partial charge >= 0.3 is 0 Å². The Hall–Kier alpha value is -2.35. The molecule has 0 radical (unpaired) electrons. The van der Waals surface area contributed by atoms with E-state index in [0.29, 0.717) is 19.1 Å². The lowest BCUT2D eigenvalue weighted by molar-refractivity contribution is -0.129. The molecule has 0 spiro atoms. The molecule has 1 aliphatic carbocycles. The van der Waals surface area contributed by atoms with Crippen LogP contribution in [0.15, 0.2) is 41.8 Å². The number of rotatable bonds is 9. The van der Waals surface area contributed by atoms with Gasteiger partial charge in [0.05, 0.1) is 5.75 Å². The molecule has 1 fully saturated rings. The first-order valence-corrected chi connectivity index (χ1v) is 9.24. The SMILES string of the molecule is NC(=O)CCN(Cc1ccccc1)C(=O)CSc1nncn1C1CC1. The predicted octanol–water partition coefficient (Wildman–Crippen LogP) is 1.61. The van der Waals surface area contributed by atoms with Crippen LogP contribution in [-0.2, 0) is 16.1 Å². The number of benzene rings is 1. The van der Waals surface area contributed by atoms with E-state index in [1.807, 2.05) is 34.9 Å². The van der Waals surface area contributed by atoms with Crippen LogP contribution in [0.4, 0.5) is 0 Å². The molecule has 2 amide bonds. The fraction of sp³-hybridized carbons (Fsp3) is 0.412. The Labute approximate surface area is 150 Å². The van der Waals surface area contributed by atoms with Crippen molar-refractivity contribution in [2.45, 2.75) is 37.0 Å². The zero-order valence-corrected chi connectivity index (χ0v) is 14.7. The topological polar surface area (TPSA) is 94.1 Å². The Morgan fingerprint density at radius 2 is 2.04 bits per heavy atom. The van der Waals surface area contributed by atoms with Gasteiger partial charge in [0.15, 0.2) is 5.16 Å². The molecular formula is C17H21N5O2S. The van der Waals surface area contributed by atoms with E-state index in [1.54, 1.807) is 11.2 Å². The summed E-state index contributed by atoms with van der Waals surface area (Å²) in [6, 6.07) is 10.2. The monoisotopic (exact) mass is 359 g/mol. The number of thioether (sulfide) groups is 1. The third-order valence-corrected chi connectivity index (χ3v) is 4.94. The lowest BCUT2D eigenvalue weighted by Crippen LogP contribution is -2.34. The summed E-state index contributed by atoms with van der Waals surface area (Å²) in [5, 5.41) is 8.81.